The summed E-state index contributed by atoms with van der Waals surface area (Å²) >= 11 is 0.877. The number of carbonyl (C=O) groups is 1. The summed E-state index contributed by atoms with van der Waals surface area (Å²) in [6.45, 7) is 0.199. The Labute approximate surface area is 102 Å². The van der Waals surface area contributed by atoms with E-state index in [2.05, 4.69) is 0 Å². The van der Waals surface area contributed by atoms with Gasteiger partial charge in [-0.3, -0.25) is 14.9 Å². The van der Waals surface area contributed by atoms with Crippen LogP contribution in [0.2, 0.25) is 0 Å². The predicted octanol–water partition coefficient (Wildman–Crippen LogP) is 1.25. The van der Waals surface area contributed by atoms with Gasteiger partial charge in [0.2, 0.25) is 0 Å². The van der Waals surface area contributed by atoms with Crippen molar-refractivity contribution < 1.29 is 14.8 Å². The first kappa shape index (κ1) is 12.0. The average Bonchev–Trinajstić information content (AvgIpc) is 3.00. The van der Waals surface area contributed by atoms with Crippen LogP contribution in [0, 0.1) is 10.1 Å². The van der Waals surface area contributed by atoms with Gasteiger partial charge in [-0.1, -0.05) is 11.3 Å². The normalized spacial score (nSPS) is 14.6. The van der Waals surface area contributed by atoms with Crippen molar-refractivity contribution in [1.29, 1.82) is 0 Å². The quantitative estimate of drug-likeness (QED) is 0.634. The lowest BCUT2D eigenvalue weighted by atomic mass is 10.3. The maximum absolute atomic E-state index is 12.1. The van der Waals surface area contributed by atoms with Crippen LogP contribution in [0.4, 0.5) is 5.00 Å². The number of carbonyl (C=O) groups excluding carboxylic acids is 1. The van der Waals surface area contributed by atoms with Crippen LogP contribution in [-0.2, 0) is 0 Å². The highest BCUT2D eigenvalue weighted by atomic mass is 32.1. The van der Waals surface area contributed by atoms with Crippen molar-refractivity contribution in [2.24, 2.45) is 0 Å². The first-order valence-corrected chi connectivity index (χ1v) is 6.11. The van der Waals surface area contributed by atoms with Crippen molar-refractivity contribution in [3.05, 3.63) is 27.1 Å². The molecule has 7 heteroatoms. The second kappa shape index (κ2) is 4.80. The lowest BCUT2D eigenvalue weighted by molar-refractivity contribution is -0.380. The Morgan fingerprint density at radius 1 is 1.59 bits per heavy atom. The molecule has 1 amide bonds. The van der Waals surface area contributed by atoms with E-state index in [9.17, 15) is 14.9 Å². The number of amides is 1. The van der Waals surface area contributed by atoms with Crippen LogP contribution in [0.3, 0.4) is 0 Å². The number of nitrogens with zero attached hydrogens (tertiary/aromatic N) is 2. The number of aliphatic hydroxyl groups excluding tert-OH is 1. The minimum atomic E-state index is -0.505. The van der Waals surface area contributed by atoms with E-state index in [0.717, 1.165) is 24.2 Å². The fourth-order valence-electron chi connectivity index (χ4n) is 1.63. The molecule has 1 aromatic heterocycles. The van der Waals surface area contributed by atoms with E-state index in [1.807, 2.05) is 0 Å². The van der Waals surface area contributed by atoms with E-state index in [-0.39, 0.29) is 30.1 Å². The summed E-state index contributed by atoms with van der Waals surface area (Å²) < 4.78 is 0. The lowest BCUT2D eigenvalue weighted by Crippen LogP contribution is -2.34. The molecular formula is C10H12N2O4S. The molecule has 17 heavy (non-hydrogen) atoms. The van der Waals surface area contributed by atoms with E-state index >= 15 is 0 Å². The van der Waals surface area contributed by atoms with Crippen LogP contribution in [-0.4, -0.2) is 40.0 Å². The molecule has 1 fully saturated rings. The molecule has 0 unspecified atom stereocenters. The zero-order valence-electron chi connectivity index (χ0n) is 9.04. The maximum atomic E-state index is 12.1. The lowest BCUT2D eigenvalue weighted by Gasteiger charge is -2.20. The molecule has 2 rings (SSSR count). The molecule has 1 saturated carbocycles. The minimum Gasteiger partial charge on any atom is -0.395 e. The Hall–Kier alpha value is -1.47. The molecule has 0 atom stereocenters. The SMILES string of the molecule is O=C(c1ccc([N+](=O)[O-])s1)N(CCO)C1CC1. The standard InChI is InChI=1S/C10H12N2O4S/c13-6-5-11(7-1-2-7)10(14)8-3-4-9(17-8)12(15)16/h3-4,7,13H,1-2,5-6H2. The summed E-state index contributed by atoms with van der Waals surface area (Å²) in [5.41, 5.74) is 0. The molecule has 1 heterocycles. The topological polar surface area (TPSA) is 83.7 Å². The van der Waals surface area contributed by atoms with Gasteiger partial charge in [0.05, 0.1) is 16.4 Å². The van der Waals surface area contributed by atoms with Crippen LogP contribution < -0.4 is 0 Å². The first-order valence-electron chi connectivity index (χ1n) is 5.29. The smallest absolute Gasteiger partial charge is 0.324 e. The highest BCUT2D eigenvalue weighted by Crippen LogP contribution is 2.31. The van der Waals surface area contributed by atoms with Crippen molar-refractivity contribution in [1.82, 2.24) is 4.90 Å². The Bertz CT molecular complexity index is 441. The fourth-order valence-corrected chi connectivity index (χ4v) is 2.40. The van der Waals surface area contributed by atoms with Gasteiger partial charge in [0.1, 0.15) is 0 Å². The molecule has 0 radical (unpaired) electrons. The van der Waals surface area contributed by atoms with Crippen LogP contribution in [0.5, 0.6) is 0 Å². The van der Waals surface area contributed by atoms with Gasteiger partial charge in [0, 0.05) is 18.7 Å². The monoisotopic (exact) mass is 256 g/mol. The highest BCUT2D eigenvalue weighted by molar-refractivity contribution is 7.17. The molecule has 0 bridgehead atoms. The Balaban J connectivity index is 2.13. The van der Waals surface area contributed by atoms with E-state index in [0.29, 0.717) is 4.88 Å². The molecule has 1 N–H and O–H groups in total. The minimum absolute atomic E-state index is 0.0342. The summed E-state index contributed by atoms with van der Waals surface area (Å²) in [7, 11) is 0. The summed E-state index contributed by atoms with van der Waals surface area (Å²) in [6, 6.07) is 3.00. The van der Waals surface area contributed by atoms with Crippen molar-refractivity contribution in [3.8, 4) is 0 Å². The summed E-state index contributed by atoms with van der Waals surface area (Å²) in [4.78, 5) is 24.0. The van der Waals surface area contributed by atoms with E-state index < -0.39 is 4.92 Å². The third-order valence-electron chi connectivity index (χ3n) is 2.57. The van der Waals surface area contributed by atoms with E-state index in [1.54, 1.807) is 4.90 Å². The number of nitro groups is 1. The Kier molecular flexibility index (Phi) is 3.39. The van der Waals surface area contributed by atoms with Crippen molar-refractivity contribution >= 4 is 22.2 Å². The van der Waals surface area contributed by atoms with Gasteiger partial charge < -0.3 is 10.0 Å². The number of rotatable bonds is 5. The van der Waals surface area contributed by atoms with Gasteiger partial charge in [0.15, 0.2) is 0 Å². The van der Waals surface area contributed by atoms with Gasteiger partial charge in [-0.05, 0) is 18.9 Å². The van der Waals surface area contributed by atoms with Gasteiger partial charge in [-0.25, -0.2) is 0 Å². The Morgan fingerprint density at radius 2 is 2.29 bits per heavy atom. The van der Waals surface area contributed by atoms with Crippen LogP contribution in [0.25, 0.3) is 0 Å². The van der Waals surface area contributed by atoms with Crippen LogP contribution >= 0.6 is 11.3 Å². The van der Waals surface area contributed by atoms with Gasteiger partial charge in [0.25, 0.3) is 5.91 Å². The largest absolute Gasteiger partial charge is 0.395 e. The predicted molar refractivity (Wildman–Crippen MR) is 62.1 cm³/mol. The number of aliphatic hydroxyl groups is 1. The highest BCUT2D eigenvalue weighted by Gasteiger charge is 2.33. The van der Waals surface area contributed by atoms with Crippen molar-refractivity contribution in [2.75, 3.05) is 13.2 Å². The third-order valence-corrected chi connectivity index (χ3v) is 3.60. The fraction of sp³-hybridized carbons (Fsp3) is 0.500. The van der Waals surface area contributed by atoms with Gasteiger partial charge in [-0.15, -0.1) is 0 Å². The number of thiophene rings is 1. The maximum Gasteiger partial charge on any atom is 0.324 e. The zero-order chi connectivity index (χ0) is 12.4. The van der Waals surface area contributed by atoms with Crippen LogP contribution in [0.15, 0.2) is 12.1 Å². The molecule has 1 aliphatic rings. The van der Waals surface area contributed by atoms with Crippen molar-refractivity contribution in [3.63, 3.8) is 0 Å². The molecule has 1 aliphatic carbocycles. The molecule has 0 aromatic carbocycles. The number of hydrogen-bond acceptors (Lipinski definition) is 5. The van der Waals surface area contributed by atoms with Gasteiger partial charge >= 0.3 is 5.00 Å². The summed E-state index contributed by atoms with van der Waals surface area (Å²) in [5.74, 6) is -0.223. The molecule has 92 valence electrons. The second-order valence-corrected chi connectivity index (χ2v) is 4.91. The van der Waals surface area contributed by atoms with Gasteiger partial charge in [-0.2, -0.15) is 0 Å². The molecule has 1 aromatic rings. The van der Waals surface area contributed by atoms with Crippen molar-refractivity contribution in [2.45, 2.75) is 18.9 Å². The average molecular weight is 256 g/mol. The number of hydrogen-bond donors (Lipinski definition) is 1. The molecular weight excluding hydrogens is 244 g/mol. The Morgan fingerprint density at radius 3 is 2.76 bits per heavy atom. The third kappa shape index (κ3) is 2.62. The van der Waals surface area contributed by atoms with E-state index in [1.165, 1.54) is 12.1 Å². The summed E-state index contributed by atoms with van der Waals surface area (Å²) in [6.07, 6.45) is 1.89. The molecule has 0 spiro atoms. The second-order valence-electron chi connectivity index (χ2n) is 3.85. The zero-order valence-corrected chi connectivity index (χ0v) is 9.85. The molecule has 0 aliphatic heterocycles. The first-order chi connectivity index (χ1) is 8.13. The van der Waals surface area contributed by atoms with Crippen LogP contribution in [0.1, 0.15) is 22.5 Å². The van der Waals surface area contributed by atoms with E-state index in [4.69, 9.17) is 5.11 Å². The molecule has 0 saturated heterocycles. The molecule has 6 nitrogen and oxygen atoms in total. The summed E-state index contributed by atoms with van der Waals surface area (Å²) in [5, 5.41) is 19.4.